The number of hydrogen-bond acceptors (Lipinski definition) is 4. The smallest absolute Gasteiger partial charge is 0.343 e. The fourth-order valence-electron chi connectivity index (χ4n) is 3.94. The Labute approximate surface area is 156 Å². The molecular formula is C19H23N5O3. The summed E-state index contributed by atoms with van der Waals surface area (Å²) < 4.78 is 1.69. The second kappa shape index (κ2) is 7.38. The highest BCUT2D eigenvalue weighted by atomic mass is 16.2. The van der Waals surface area contributed by atoms with Gasteiger partial charge in [-0.15, -0.1) is 0 Å². The molecule has 0 saturated carbocycles. The minimum Gasteiger partial charge on any atom is -0.344 e. The number of rotatable bonds is 4. The molecule has 0 radical (unpaired) electrons. The van der Waals surface area contributed by atoms with Crippen LogP contribution in [-0.4, -0.2) is 50.6 Å². The summed E-state index contributed by atoms with van der Waals surface area (Å²) in [6.07, 6.45) is 2.51. The predicted molar refractivity (Wildman–Crippen MR) is 98.1 cm³/mol. The summed E-state index contributed by atoms with van der Waals surface area (Å²) in [6, 6.07) is 9.44. The van der Waals surface area contributed by atoms with Gasteiger partial charge in [-0.05, 0) is 24.8 Å². The van der Waals surface area contributed by atoms with Crippen molar-refractivity contribution < 1.29 is 9.59 Å². The normalized spacial score (nSPS) is 20.7. The molecule has 1 aromatic heterocycles. The lowest BCUT2D eigenvalue weighted by Gasteiger charge is -2.33. The van der Waals surface area contributed by atoms with Crippen molar-refractivity contribution in [3.8, 4) is 0 Å². The minimum atomic E-state index is -0.379. The average Bonchev–Trinajstić information content (AvgIpc) is 3.29. The first-order valence-electron chi connectivity index (χ1n) is 9.39. The maximum atomic E-state index is 12.5. The van der Waals surface area contributed by atoms with Crippen LogP contribution in [0.4, 0.5) is 0 Å². The maximum Gasteiger partial charge on any atom is 0.343 e. The maximum absolute atomic E-state index is 12.5. The van der Waals surface area contributed by atoms with Gasteiger partial charge in [-0.3, -0.25) is 14.2 Å². The van der Waals surface area contributed by atoms with Crippen LogP contribution in [0.15, 0.2) is 35.1 Å². The van der Waals surface area contributed by atoms with Gasteiger partial charge in [0.05, 0.1) is 6.54 Å². The van der Waals surface area contributed by atoms with Gasteiger partial charge < -0.3 is 10.2 Å². The Hall–Kier alpha value is -2.90. The highest BCUT2D eigenvalue weighted by Gasteiger charge is 2.34. The lowest BCUT2D eigenvalue weighted by Crippen LogP contribution is -2.47. The zero-order valence-corrected chi connectivity index (χ0v) is 15.1. The number of piperidine rings is 1. The number of likely N-dealkylation sites (tertiary alicyclic amines) is 1. The van der Waals surface area contributed by atoms with Crippen molar-refractivity contribution in [1.29, 1.82) is 0 Å². The number of aromatic amines is 1. The molecule has 2 aliphatic rings. The van der Waals surface area contributed by atoms with Gasteiger partial charge in [0.2, 0.25) is 11.8 Å². The number of carbonyl (C=O) groups excluding carboxylic acids is 2. The van der Waals surface area contributed by atoms with E-state index in [9.17, 15) is 14.4 Å². The summed E-state index contributed by atoms with van der Waals surface area (Å²) in [7, 11) is 0. The molecule has 0 unspecified atom stereocenters. The minimum absolute atomic E-state index is 0.00278. The summed E-state index contributed by atoms with van der Waals surface area (Å²) in [5.74, 6) is 0.840. The van der Waals surface area contributed by atoms with Crippen molar-refractivity contribution in [1.82, 2.24) is 25.0 Å². The molecule has 2 N–H and O–H groups in total. The van der Waals surface area contributed by atoms with E-state index in [1.54, 1.807) is 4.57 Å². The summed E-state index contributed by atoms with van der Waals surface area (Å²) in [5.41, 5.74) is 0.841. The zero-order valence-electron chi connectivity index (χ0n) is 15.1. The average molecular weight is 369 g/mol. The third kappa shape index (κ3) is 3.65. The van der Waals surface area contributed by atoms with Gasteiger partial charge >= 0.3 is 5.69 Å². The molecule has 2 fully saturated rings. The van der Waals surface area contributed by atoms with E-state index in [1.165, 1.54) is 0 Å². The summed E-state index contributed by atoms with van der Waals surface area (Å²) >= 11 is 0. The number of hydrogen-bond donors (Lipinski definition) is 2. The fourth-order valence-corrected chi connectivity index (χ4v) is 3.94. The van der Waals surface area contributed by atoms with E-state index >= 15 is 0 Å². The first-order valence-corrected chi connectivity index (χ1v) is 9.39. The first-order chi connectivity index (χ1) is 13.1. The Morgan fingerprint density at radius 2 is 1.85 bits per heavy atom. The van der Waals surface area contributed by atoms with E-state index in [1.807, 2.05) is 35.2 Å². The molecule has 2 amide bonds. The Morgan fingerprint density at radius 1 is 1.11 bits per heavy atom. The highest BCUT2D eigenvalue weighted by molar-refractivity contribution is 5.90. The van der Waals surface area contributed by atoms with Crippen molar-refractivity contribution in [2.75, 3.05) is 13.1 Å². The van der Waals surface area contributed by atoms with E-state index < -0.39 is 0 Å². The molecule has 8 nitrogen and oxygen atoms in total. The zero-order chi connectivity index (χ0) is 18.8. The van der Waals surface area contributed by atoms with Gasteiger partial charge in [-0.25, -0.2) is 9.89 Å². The predicted octanol–water partition coefficient (Wildman–Crippen LogP) is 0.604. The molecule has 0 spiro atoms. The monoisotopic (exact) mass is 369 g/mol. The standard InChI is InChI=1S/C19H23N5O3/c25-16-7-6-15(20-16)18(26)23-10-8-14(9-11-23)17-21-22-19(27)24(17)12-13-4-2-1-3-5-13/h1-5,14-15H,6-12H2,(H,20,25)(H,22,27)/t15-/m0/s1. The van der Waals surface area contributed by atoms with Crippen LogP contribution < -0.4 is 11.0 Å². The van der Waals surface area contributed by atoms with Crippen LogP contribution in [0, 0.1) is 0 Å². The molecule has 1 aromatic carbocycles. The number of amides is 2. The number of nitrogens with zero attached hydrogens (tertiary/aromatic N) is 3. The molecule has 27 heavy (non-hydrogen) atoms. The molecule has 0 bridgehead atoms. The van der Waals surface area contributed by atoms with Crippen LogP contribution in [0.1, 0.15) is 43.0 Å². The molecule has 2 saturated heterocycles. The third-order valence-corrected chi connectivity index (χ3v) is 5.44. The van der Waals surface area contributed by atoms with Crippen LogP contribution in [-0.2, 0) is 16.1 Å². The SMILES string of the molecule is O=C1CC[C@@H](C(=O)N2CCC(c3n[nH]c(=O)n3Cc3ccccc3)CC2)N1. The van der Waals surface area contributed by atoms with E-state index in [0.29, 0.717) is 32.5 Å². The molecule has 0 aliphatic carbocycles. The van der Waals surface area contributed by atoms with Gasteiger partial charge in [0.25, 0.3) is 0 Å². The molecule has 1 atom stereocenters. The second-order valence-corrected chi connectivity index (χ2v) is 7.22. The molecule has 3 heterocycles. The van der Waals surface area contributed by atoms with Gasteiger partial charge in [-0.2, -0.15) is 5.10 Å². The van der Waals surface area contributed by atoms with Crippen LogP contribution in [0.2, 0.25) is 0 Å². The lowest BCUT2D eigenvalue weighted by molar-refractivity contribution is -0.135. The number of H-pyrrole nitrogens is 1. The number of benzene rings is 1. The van der Waals surface area contributed by atoms with Gasteiger partial charge in [0, 0.05) is 25.4 Å². The second-order valence-electron chi connectivity index (χ2n) is 7.22. The quantitative estimate of drug-likeness (QED) is 0.824. The van der Waals surface area contributed by atoms with Crippen LogP contribution in [0.25, 0.3) is 0 Å². The highest BCUT2D eigenvalue weighted by Crippen LogP contribution is 2.27. The third-order valence-electron chi connectivity index (χ3n) is 5.44. The topological polar surface area (TPSA) is 100 Å². The molecule has 4 rings (SSSR count). The molecule has 8 heteroatoms. The molecule has 2 aromatic rings. The Kier molecular flexibility index (Phi) is 4.79. The van der Waals surface area contributed by atoms with E-state index in [2.05, 4.69) is 15.5 Å². The van der Waals surface area contributed by atoms with Crippen molar-refractivity contribution in [2.45, 2.75) is 44.2 Å². The van der Waals surface area contributed by atoms with E-state index in [4.69, 9.17) is 0 Å². The Balaban J connectivity index is 1.42. The van der Waals surface area contributed by atoms with Gasteiger partial charge in [0.1, 0.15) is 11.9 Å². The van der Waals surface area contributed by atoms with Crippen molar-refractivity contribution >= 4 is 11.8 Å². The Bertz CT molecular complexity index is 880. The van der Waals surface area contributed by atoms with E-state index in [-0.39, 0.29) is 29.5 Å². The number of carbonyl (C=O) groups is 2. The van der Waals surface area contributed by atoms with Crippen LogP contribution in [0.5, 0.6) is 0 Å². The van der Waals surface area contributed by atoms with Crippen molar-refractivity contribution in [3.05, 3.63) is 52.2 Å². The Morgan fingerprint density at radius 3 is 2.52 bits per heavy atom. The lowest BCUT2D eigenvalue weighted by atomic mass is 9.95. The molecule has 2 aliphatic heterocycles. The van der Waals surface area contributed by atoms with Crippen molar-refractivity contribution in [2.24, 2.45) is 0 Å². The van der Waals surface area contributed by atoms with Crippen LogP contribution >= 0.6 is 0 Å². The number of nitrogens with one attached hydrogen (secondary N) is 2. The first kappa shape index (κ1) is 17.5. The van der Waals surface area contributed by atoms with E-state index in [0.717, 1.165) is 24.2 Å². The fraction of sp³-hybridized carbons (Fsp3) is 0.474. The van der Waals surface area contributed by atoms with Gasteiger partial charge in [-0.1, -0.05) is 30.3 Å². The summed E-state index contributed by atoms with van der Waals surface area (Å²) in [4.78, 5) is 37.9. The number of aromatic nitrogens is 3. The van der Waals surface area contributed by atoms with Crippen molar-refractivity contribution in [3.63, 3.8) is 0 Å². The summed E-state index contributed by atoms with van der Waals surface area (Å²) in [5, 5.41) is 9.57. The molecule has 142 valence electrons. The van der Waals surface area contributed by atoms with Gasteiger partial charge in [0.15, 0.2) is 0 Å². The van der Waals surface area contributed by atoms with Crippen LogP contribution in [0.3, 0.4) is 0 Å². The molecular weight excluding hydrogens is 346 g/mol. The largest absolute Gasteiger partial charge is 0.344 e. The summed E-state index contributed by atoms with van der Waals surface area (Å²) in [6.45, 7) is 1.71.